The molecule has 0 aromatic carbocycles. The van der Waals surface area contributed by atoms with Crippen molar-refractivity contribution in [3.05, 3.63) is 28.2 Å². The summed E-state index contributed by atoms with van der Waals surface area (Å²) in [5, 5.41) is 14.3. The molecule has 2 aromatic heterocycles. The first-order valence-electron chi connectivity index (χ1n) is 7.23. The number of aryl methyl sites for hydroxylation is 1. The highest BCUT2D eigenvalue weighted by atomic mass is 32.1. The Morgan fingerprint density at radius 2 is 2.35 bits per heavy atom. The van der Waals surface area contributed by atoms with Gasteiger partial charge in [-0.2, -0.15) is 0 Å². The van der Waals surface area contributed by atoms with Crippen molar-refractivity contribution in [2.24, 2.45) is 5.92 Å². The molecule has 0 spiro atoms. The SMILES string of the molecule is CC(C)c1nnc2n1CC(CNCc1cscn1)CC2. The van der Waals surface area contributed by atoms with Crippen molar-refractivity contribution in [1.29, 1.82) is 0 Å². The van der Waals surface area contributed by atoms with Crippen LogP contribution in [0.2, 0.25) is 0 Å². The van der Waals surface area contributed by atoms with Gasteiger partial charge in [-0.3, -0.25) is 0 Å². The minimum Gasteiger partial charge on any atom is -0.314 e. The van der Waals surface area contributed by atoms with E-state index in [0.29, 0.717) is 11.8 Å². The standard InChI is InChI=1S/C14H21N5S/c1-10(2)14-18-17-13-4-3-11(7-19(13)14)5-15-6-12-8-20-9-16-12/h8-11,15H,3-7H2,1-2H3. The maximum Gasteiger partial charge on any atom is 0.135 e. The third-order valence-electron chi connectivity index (χ3n) is 3.81. The summed E-state index contributed by atoms with van der Waals surface area (Å²) in [5.74, 6) is 3.39. The molecule has 0 bridgehead atoms. The molecule has 3 heterocycles. The van der Waals surface area contributed by atoms with Crippen LogP contribution in [0, 0.1) is 5.92 Å². The topological polar surface area (TPSA) is 55.6 Å². The maximum atomic E-state index is 4.34. The highest BCUT2D eigenvalue weighted by Crippen LogP contribution is 2.23. The van der Waals surface area contributed by atoms with Crippen LogP contribution in [0.5, 0.6) is 0 Å². The average Bonchev–Trinajstić information content (AvgIpc) is 3.06. The Balaban J connectivity index is 1.56. The molecule has 20 heavy (non-hydrogen) atoms. The summed E-state index contributed by atoms with van der Waals surface area (Å²) in [6, 6.07) is 0. The lowest BCUT2D eigenvalue weighted by Crippen LogP contribution is -2.30. The quantitative estimate of drug-likeness (QED) is 0.917. The summed E-state index contributed by atoms with van der Waals surface area (Å²) in [7, 11) is 0. The highest BCUT2D eigenvalue weighted by molar-refractivity contribution is 7.07. The number of fused-ring (bicyclic) bond motifs is 1. The molecule has 1 N–H and O–H groups in total. The lowest BCUT2D eigenvalue weighted by molar-refractivity contribution is 0.339. The van der Waals surface area contributed by atoms with Crippen LogP contribution < -0.4 is 5.32 Å². The predicted octanol–water partition coefficient (Wildman–Crippen LogP) is 2.21. The third-order valence-corrected chi connectivity index (χ3v) is 4.45. The third kappa shape index (κ3) is 2.91. The smallest absolute Gasteiger partial charge is 0.135 e. The molecule has 0 radical (unpaired) electrons. The summed E-state index contributed by atoms with van der Waals surface area (Å²) < 4.78 is 2.32. The van der Waals surface area contributed by atoms with Crippen LogP contribution in [0.25, 0.3) is 0 Å². The van der Waals surface area contributed by atoms with E-state index in [-0.39, 0.29) is 0 Å². The first-order chi connectivity index (χ1) is 9.74. The van der Waals surface area contributed by atoms with Crippen molar-refractivity contribution in [3.8, 4) is 0 Å². The second kappa shape index (κ2) is 6.01. The highest BCUT2D eigenvalue weighted by Gasteiger charge is 2.23. The normalized spacial score (nSPS) is 18.4. The molecule has 2 aromatic rings. The van der Waals surface area contributed by atoms with Gasteiger partial charge in [0.1, 0.15) is 11.6 Å². The van der Waals surface area contributed by atoms with Crippen molar-refractivity contribution >= 4 is 11.3 Å². The monoisotopic (exact) mass is 291 g/mol. The van der Waals surface area contributed by atoms with E-state index in [1.807, 2.05) is 5.51 Å². The lowest BCUT2D eigenvalue weighted by Gasteiger charge is -2.25. The number of rotatable bonds is 5. The van der Waals surface area contributed by atoms with Crippen molar-refractivity contribution in [1.82, 2.24) is 25.1 Å². The van der Waals surface area contributed by atoms with Crippen molar-refractivity contribution in [2.75, 3.05) is 6.54 Å². The van der Waals surface area contributed by atoms with E-state index in [0.717, 1.165) is 43.4 Å². The van der Waals surface area contributed by atoms with Gasteiger partial charge in [-0.15, -0.1) is 21.5 Å². The number of thiazole rings is 1. The average molecular weight is 291 g/mol. The second-order valence-electron chi connectivity index (χ2n) is 5.76. The molecule has 1 aliphatic heterocycles. The zero-order chi connectivity index (χ0) is 13.9. The molecular weight excluding hydrogens is 270 g/mol. The second-order valence-corrected chi connectivity index (χ2v) is 6.47. The summed E-state index contributed by atoms with van der Waals surface area (Å²) in [6.07, 6.45) is 2.24. The molecule has 1 unspecified atom stereocenters. The van der Waals surface area contributed by atoms with Gasteiger partial charge in [0.2, 0.25) is 0 Å². The van der Waals surface area contributed by atoms with Crippen LogP contribution in [-0.2, 0) is 19.5 Å². The minimum absolute atomic E-state index is 0.443. The van der Waals surface area contributed by atoms with Crippen LogP contribution in [-0.4, -0.2) is 26.3 Å². The fraction of sp³-hybridized carbons (Fsp3) is 0.643. The van der Waals surface area contributed by atoms with E-state index in [4.69, 9.17) is 0 Å². The van der Waals surface area contributed by atoms with Gasteiger partial charge in [-0.05, 0) is 12.3 Å². The Kier molecular flexibility index (Phi) is 4.12. The van der Waals surface area contributed by atoms with E-state index >= 15 is 0 Å². The van der Waals surface area contributed by atoms with E-state index in [1.165, 1.54) is 6.42 Å². The van der Waals surface area contributed by atoms with Gasteiger partial charge < -0.3 is 9.88 Å². The van der Waals surface area contributed by atoms with E-state index in [1.54, 1.807) is 11.3 Å². The van der Waals surface area contributed by atoms with Crippen LogP contribution in [0.15, 0.2) is 10.9 Å². The Hall–Kier alpha value is -1.27. The number of aromatic nitrogens is 4. The number of nitrogens with one attached hydrogen (secondary N) is 1. The molecule has 0 amide bonds. The Labute approximate surface area is 123 Å². The van der Waals surface area contributed by atoms with E-state index in [2.05, 4.69) is 44.3 Å². The van der Waals surface area contributed by atoms with Crippen LogP contribution in [0.1, 0.15) is 43.5 Å². The van der Waals surface area contributed by atoms with Gasteiger partial charge in [0, 0.05) is 37.4 Å². The Bertz CT molecular complexity index is 546. The first-order valence-corrected chi connectivity index (χ1v) is 8.18. The number of nitrogens with zero attached hydrogens (tertiary/aromatic N) is 4. The molecule has 5 nitrogen and oxygen atoms in total. The molecule has 1 aliphatic rings. The van der Waals surface area contributed by atoms with Gasteiger partial charge in [-0.25, -0.2) is 4.98 Å². The largest absolute Gasteiger partial charge is 0.314 e. The molecule has 1 atom stereocenters. The fourth-order valence-corrected chi connectivity index (χ4v) is 3.30. The Morgan fingerprint density at radius 1 is 1.45 bits per heavy atom. The van der Waals surface area contributed by atoms with Gasteiger partial charge >= 0.3 is 0 Å². The van der Waals surface area contributed by atoms with Gasteiger partial charge in [0.25, 0.3) is 0 Å². The summed E-state index contributed by atoms with van der Waals surface area (Å²) >= 11 is 1.65. The molecule has 6 heteroatoms. The van der Waals surface area contributed by atoms with Gasteiger partial charge in [-0.1, -0.05) is 13.8 Å². The molecular formula is C14H21N5S. The van der Waals surface area contributed by atoms with Crippen LogP contribution in [0.3, 0.4) is 0 Å². The zero-order valence-electron chi connectivity index (χ0n) is 12.0. The minimum atomic E-state index is 0.443. The number of hydrogen-bond acceptors (Lipinski definition) is 5. The molecule has 108 valence electrons. The first kappa shape index (κ1) is 13.7. The molecule has 0 aliphatic carbocycles. The lowest BCUT2D eigenvalue weighted by atomic mass is 9.98. The van der Waals surface area contributed by atoms with E-state index < -0.39 is 0 Å². The summed E-state index contributed by atoms with van der Waals surface area (Å²) in [6.45, 7) is 7.31. The van der Waals surface area contributed by atoms with Crippen molar-refractivity contribution < 1.29 is 0 Å². The van der Waals surface area contributed by atoms with Crippen LogP contribution in [0.4, 0.5) is 0 Å². The van der Waals surface area contributed by atoms with Gasteiger partial charge in [0.05, 0.1) is 11.2 Å². The van der Waals surface area contributed by atoms with Crippen LogP contribution >= 0.6 is 11.3 Å². The number of hydrogen-bond donors (Lipinski definition) is 1. The maximum absolute atomic E-state index is 4.34. The fourth-order valence-electron chi connectivity index (χ4n) is 2.74. The molecule has 0 saturated heterocycles. The molecule has 0 saturated carbocycles. The Morgan fingerprint density at radius 3 is 3.10 bits per heavy atom. The zero-order valence-corrected chi connectivity index (χ0v) is 12.9. The van der Waals surface area contributed by atoms with Crippen molar-refractivity contribution in [3.63, 3.8) is 0 Å². The molecule has 3 rings (SSSR count). The van der Waals surface area contributed by atoms with Crippen molar-refractivity contribution in [2.45, 2.75) is 45.7 Å². The molecule has 0 fully saturated rings. The van der Waals surface area contributed by atoms with Gasteiger partial charge in [0.15, 0.2) is 0 Å². The summed E-state index contributed by atoms with van der Waals surface area (Å²) in [5.41, 5.74) is 3.02. The predicted molar refractivity (Wildman–Crippen MR) is 79.7 cm³/mol. The summed E-state index contributed by atoms with van der Waals surface area (Å²) in [4.78, 5) is 4.29. The van der Waals surface area contributed by atoms with E-state index in [9.17, 15) is 0 Å².